The maximum atomic E-state index is 4.19. The lowest BCUT2D eigenvalue weighted by Crippen LogP contribution is -2.11. The summed E-state index contributed by atoms with van der Waals surface area (Å²) in [6.45, 7) is 8.80. The lowest BCUT2D eigenvalue weighted by atomic mass is 9.85. The monoisotopic (exact) mass is 292 g/mol. The number of imidazole rings is 1. The minimum Gasteiger partial charge on any atom is -0.333 e. The molecule has 2 rings (SSSR count). The van der Waals surface area contributed by atoms with Crippen molar-refractivity contribution in [1.29, 1.82) is 0 Å². The van der Waals surface area contributed by atoms with E-state index in [9.17, 15) is 0 Å². The Bertz CT molecular complexity index is 535. The molecule has 2 nitrogen and oxygen atoms in total. The zero-order chi connectivity index (χ0) is 12.6. The van der Waals surface area contributed by atoms with Crippen molar-refractivity contribution in [3.63, 3.8) is 0 Å². The molecule has 0 aliphatic heterocycles. The topological polar surface area (TPSA) is 28.7 Å². The molecule has 0 amide bonds. The average Bonchev–Trinajstić information content (AvgIpc) is 2.63. The molecule has 2 aromatic rings. The molecule has 1 aromatic carbocycles. The summed E-state index contributed by atoms with van der Waals surface area (Å²) in [5.41, 5.74) is 5.04. The van der Waals surface area contributed by atoms with Crippen molar-refractivity contribution in [3.05, 3.63) is 40.3 Å². The number of aromatic nitrogens is 2. The summed E-state index contributed by atoms with van der Waals surface area (Å²) in [5.74, 6) is 0. The standard InChI is InChI=1S/C14H17BrN2/c1-9-5-6-10(14(2,3)4)7-11(9)12-8-16-13(15)17-12/h5-8H,1-4H3,(H,16,17). The van der Waals surface area contributed by atoms with Crippen molar-refractivity contribution in [2.24, 2.45) is 0 Å². The number of halogens is 1. The Balaban J connectivity index is 2.54. The van der Waals surface area contributed by atoms with Crippen LogP contribution in [0.3, 0.4) is 0 Å². The first-order valence-corrected chi connectivity index (χ1v) is 6.49. The van der Waals surface area contributed by atoms with E-state index in [1.165, 1.54) is 16.7 Å². The number of aryl methyl sites for hydroxylation is 1. The van der Waals surface area contributed by atoms with Gasteiger partial charge in [-0.25, -0.2) is 4.98 Å². The molecule has 0 fully saturated rings. The van der Waals surface area contributed by atoms with E-state index in [4.69, 9.17) is 0 Å². The Labute approximate surface area is 111 Å². The van der Waals surface area contributed by atoms with Gasteiger partial charge >= 0.3 is 0 Å². The zero-order valence-corrected chi connectivity index (χ0v) is 12.2. The van der Waals surface area contributed by atoms with E-state index in [0.717, 1.165) is 10.4 Å². The molecule has 0 atom stereocenters. The molecule has 0 aliphatic carbocycles. The fraction of sp³-hybridized carbons (Fsp3) is 0.357. The fourth-order valence-corrected chi connectivity index (χ4v) is 2.13. The molecule has 0 spiro atoms. The molecular formula is C14H17BrN2. The summed E-state index contributed by atoms with van der Waals surface area (Å²) in [5, 5.41) is 0. The summed E-state index contributed by atoms with van der Waals surface area (Å²) < 4.78 is 0.771. The van der Waals surface area contributed by atoms with Crippen molar-refractivity contribution in [1.82, 2.24) is 9.97 Å². The normalized spacial score (nSPS) is 11.8. The molecule has 90 valence electrons. The number of hydrogen-bond donors (Lipinski definition) is 1. The van der Waals surface area contributed by atoms with Crippen molar-refractivity contribution in [2.45, 2.75) is 33.1 Å². The first-order chi connectivity index (χ1) is 7.88. The Kier molecular flexibility index (Phi) is 3.13. The molecule has 3 heteroatoms. The number of benzene rings is 1. The average molecular weight is 293 g/mol. The molecule has 1 aromatic heterocycles. The van der Waals surface area contributed by atoms with Crippen molar-refractivity contribution in [3.8, 4) is 11.3 Å². The van der Waals surface area contributed by atoms with Gasteiger partial charge in [-0.3, -0.25) is 0 Å². The van der Waals surface area contributed by atoms with Crippen LogP contribution in [0, 0.1) is 6.92 Å². The van der Waals surface area contributed by atoms with Crippen molar-refractivity contribution in [2.75, 3.05) is 0 Å². The third kappa shape index (κ3) is 2.60. The van der Waals surface area contributed by atoms with Gasteiger partial charge in [0.15, 0.2) is 4.73 Å². The number of aromatic amines is 1. The van der Waals surface area contributed by atoms with Gasteiger partial charge in [0.05, 0.1) is 11.9 Å². The van der Waals surface area contributed by atoms with Gasteiger partial charge in [0, 0.05) is 5.56 Å². The largest absolute Gasteiger partial charge is 0.333 e. The Morgan fingerprint density at radius 2 is 1.94 bits per heavy atom. The first kappa shape index (κ1) is 12.4. The quantitative estimate of drug-likeness (QED) is 0.827. The van der Waals surface area contributed by atoms with Gasteiger partial charge in [0.2, 0.25) is 0 Å². The van der Waals surface area contributed by atoms with Crippen LogP contribution >= 0.6 is 15.9 Å². The van der Waals surface area contributed by atoms with Gasteiger partial charge in [0.1, 0.15) is 0 Å². The second-order valence-corrected chi connectivity index (χ2v) is 6.12. The Morgan fingerprint density at radius 1 is 1.24 bits per heavy atom. The summed E-state index contributed by atoms with van der Waals surface area (Å²) in [6.07, 6.45) is 1.86. The van der Waals surface area contributed by atoms with Gasteiger partial charge in [0.25, 0.3) is 0 Å². The number of nitrogens with zero attached hydrogens (tertiary/aromatic N) is 1. The minimum atomic E-state index is 0.166. The highest BCUT2D eigenvalue weighted by molar-refractivity contribution is 9.10. The van der Waals surface area contributed by atoms with E-state index < -0.39 is 0 Å². The van der Waals surface area contributed by atoms with Crippen molar-refractivity contribution < 1.29 is 0 Å². The Hall–Kier alpha value is -1.09. The highest BCUT2D eigenvalue weighted by Gasteiger charge is 2.15. The third-order valence-corrected chi connectivity index (χ3v) is 3.34. The first-order valence-electron chi connectivity index (χ1n) is 5.70. The molecule has 0 saturated heterocycles. The highest BCUT2D eigenvalue weighted by atomic mass is 79.9. The molecular weight excluding hydrogens is 276 g/mol. The van der Waals surface area contributed by atoms with E-state index in [-0.39, 0.29) is 5.41 Å². The van der Waals surface area contributed by atoms with Crippen LogP contribution in [0.4, 0.5) is 0 Å². The summed E-state index contributed by atoms with van der Waals surface area (Å²) in [6, 6.07) is 6.62. The number of H-pyrrole nitrogens is 1. The maximum Gasteiger partial charge on any atom is 0.174 e. The Morgan fingerprint density at radius 3 is 2.47 bits per heavy atom. The van der Waals surface area contributed by atoms with Crippen molar-refractivity contribution >= 4 is 15.9 Å². The van der Waals surface area contributed by atoms with Crippen LogP contribution in [-0.4, -0.2) is 9.97 Å². The van der Waals surface area contributed by atoms with Gasteiger partial charge in [-0.1, -0.05) is 32.9 Å². The van der Waals surface area contributed by atoms with Gasteiger partial charge in [-0.05, 0) is 45.5 Å². The second-order valence-electron chi connectivity index (χ2n) is 5.37. The van der Waals surface area contributed by atoms with E-state index in [1.54, 1.807) is 0 Å². The lowest BCUT2D eigenvalue weighted by molar-refractivity contribution is 0.590. The lowest BCUT2D eigenvalue weighted by Gasteiger charge is -2.20. The van der Waals surface area contributed by atoms with Crippen LogP contribution < -0.4 is 0 Å². The van der Waals surface area contributed by atoms with Crippen LogP contribution in [0.5, 0.6) is 0 Å². The van der Waals surface area contributed by atoms with E-state index in [0.29, 0.717) is 0 Å². The minimum absolute atomic E-state index is 0.166. The van der Waals surface area contributed by atoms with Crippen LogP contribution in [0.15, 0.2) is 29.1 Å². The van der Waals surface area contributed by atoms with Crippen LogP contribution in [0.25, 0.3) is 11.3 Å². The van der Waals surface area contributed by atoms with Gasteiger partial charge in [-0.2, -0.15) is 0 Å². The molecule has 17 heavy (non-hydrogen) atoms. The maximum absolute atomic E-state index is 4.19. The van der Waals surface area contributed by atoms with Gasteiger partial charge < -0.3 is 4.98 Å². The fourth-order valence-electron chi connectivity index (χ4n) is 1.81. The SMILES string of the molecule is Cc1ccc(C(C)(C)C)cc1-c1cnc(Br)[nH]1. The number of rotatable bonds is 1. The number of nitrogens with one attached hydrogen (secondary N) is 1. The summed E-state index contributed by atoms with van der Waals surface area (Å²) in [4.78, 5) is 7.40. The van der Waals surface area contributed by atoms with Crippen LogP contribution in [0.2, 0.25) is 0 Å². The van der Waals surface area contributed by atoms with Gasteiger partial charge in [-0.15, -0.1) is 0 Å². The highest BCUT2D eigenvalue weighted by Crippen LogP contribution is 2.29. The zero-order valence-electron chi connectivity index (χ0n) is 10.6. The van der Waals surface area contributed by atoms with E-state index in [2.05, 4.69) is 71.8 Å². The van der Waals surface area contributed by atoms with Crippen LogP contribution in [-0.2, 0) is 5.41 Å². The molecule has 1 N–H and O–H groups in total. The molecule has 0 bridgehead atoms. The second kappa shape index (κ2) is 4.30. The van der Waals surface area contributed by atoms with E-state index >= 15 is 0 Å². The molecule has 0 radical (unpaired) electrons. The smallest absolute Gasteiger partial charge is 0.174 e. The predicted octanol–water partition coefficient (Wildman–Crippen LogP) is 4.45. The molecule has 0 aliphatic rings. The molecule has 0 unspecified atom stereocenters. The number of hydrogen-bond acceptors (Lipinski definition) is 1. The summed E-state index contributed by atoms with van der Waals surface area (Å²) >= 11 is 3.35. The van der Waals surface area contributed by atoms with E-state index in [1.807, 2.05) is 6.20 Å². The molecule has 0 saturated carbocycles. The summed E-state index contributed by atoms with van der Waals surface area (Å²) in [7, 11) is 0. The predicted molar refractivity (Wildman–Crippen MR) is 75.2 cm³/mol. The third-order valence-electron chi connectivity index (χ3n) is 2.94. The van der Waals surface area contributed by atoms with Crippen LogP contribution in [0.1, 0.15) is 31.9 Å². The molecule has 1 heterocycles.